The van der Waals surface area contributed by atoms with Gasteiger partial charge < -0.3 is 19.5 Å². The van der Waals surface area contributed by atoms with Gasteiger partial charge in [-0.05, 0) is 38.4 Å². The van der Waals surface area contributed by atoms with Crippen LogP contribution in [0.5, 0.6) is 5.75 Å². The van der Waals surface area contributed by atoms with E-state index in [2.05, 4.69) is 23.3 Å². The fraction of sp³-hybridized carbons (Fsp3) is 0.688. The van der Waals surface area contributed by atoms with Crippen molar-refractivity contribution >= 4 is 0 Å². The summed E-state index contributed by atoms with van der Waals surface area (Å²) < 4.78 is 16.9. The zero-order chi connectivity index (χ0) is 15.1. The monoisotopic (exact) mass is 294 g/mol. The molecule has 1 saturated heterocycles. The van der Waals surface area contributed by atoms with Crippen LogP contribution in [0.4, 0.5) is 0 Å². The van der Waals surface area contributed by atoms with Gasteiger partial charge in [0.15, 0.2) is 6.29 Å². The summed E-state index contributed by atoms with van der Waals surface area (Å²) in [5, 5.41) is 3.54. The van der Waals surface area contributed by atoms with Gasteiger partial charge in [0, 0.05) is 18.7 Å². The highest BCUT2D eigenvalue weighted by Crippen LogP contribution is 2.25. The van der Waals surface area contributed by atoms with Crippen molar-refractivity contribution in [2.45, 2.75) is 52.0 Å². The van der Waals surface area contributed by atoms with Crippen LogP contribution in [0.3, 0.4) is 0 Å². The zero-order valence-electron chi connectivity index (χ0n) is 13.2. The van der Waals surface area contributed by atoms with Crippen molar-refractivity contribution < 1.29 is 14.2 Å². The number of rotatable bonds is 8. The van der Waals surface area contributed by atoms with Crippen molar-refractivity contribution in [1.29, 1.82) is 0 Å². The van der Waals surface area contributed by atoms with Crippen LogP contribution in [0.2, 0.25) is 0 Å². The van der Waals surface area contributed by atoms with E-state index in [1.54, 1.807) is 6.20 Å². The number of pyridine rings is 1. The largest absolute Gasteiger partial charge is 0.489 e. The van der Waals surface area contributed by atoms with Crippen LogP contribution >= 0.6 is 0 Å². The Morgan fingerprint density at radius 3 is 2.76 bits per heavy atom. The highest BCUT2D eigenvalue weighted by atomic mass is 16.7. The molecule has 0 aromatic carbocycles. The van der Waals surface area contributed by atoms with Crippen molar-refractivity contribution in [3.63, 3.8) is 0 Å². The van der Waals surface area contributed by atoms with Gasteiger partial charge in [-0.3, -0.25) is 4.98 Å². The summed E-state index contributed by atoms with van der Waals surface area (Å²) >= 11 is 0. The van der Waals surface area contributed by atoms with E-state index in [9.17, 15) is 0 Å². The molecule has 1 fully saturated rings. The summed E-state index contributed by atoms with van der Waals surface area (Å²) in [5.74, 6) is 0.805. The molecule has 0 amide bonds. The summed E-state index contributed by atoms with van der Waals surface area (Å²) in [4.78, 5) is 4.29. The van der Waals surface area contributed by atoms with Crippen molar-refractivity contribution in [2.24, 2.45) is 0 Å². The Morgan fingerprint density at radius 1 is 1.33 bits per heavy atom. The van der Waals surface area contributed by atoms with Crippen molar-refractivity contribution in [1.82, 2.24) is 10.3 Å². The first-order valence-corrected chi connectivity index (χ1v) is 7.77. The van der Waals surface area contributed by atoms with E-state index in [-0.39, 0.29) is 18.4 Å². The molecule has 1 aliphatic rings. The minimum absolute atomic E-state index is 0.131. The minimum Gasteiger partial charge on any atom is -0.489 e. The molecule has 0 bridgehead atoms. The van der Waals surface area contributed by atoms with Crippen LogP contribution in [0.15, 0.2) is 18.5 Å². The van der Waals surface area contributed by atoms with E-state index < -0.39 is 0 Å². The molecule has 0 spiro atoms. The number of ether oxygens (including phenoxy) is 3. The number of nitrogens with zero attached hydrogens (tertiary/aromatic N) is 1. The fourth-order valence-corrected chi connectivity index (χ4v) is 2.35. The first kappa shape index (κ1) is 16.2. The molecule has 1 N–H and O–H groups in total. The molecule has 5 nitrogen and oxygen atoms in total. The van der Waals surface area contributed by atoms with E-state index in [1.807, 2.05) is 20.0 Å². The Bertz CT molecular complexity index is 420. The summed E-state index contributed by atoms with van der Waals surface area (Å²) in [6, 6.07) is 2.21. The molecule has 2 rings (SSSR count). The molecule has 1 aliphatic heterocycles. The summed E-state index contributed by atoms with van der Waals surface area (Å²) in [6.45, 7) is 8.50. The van der Waals surface area contributed by atoms with Crippen LogP contribution in [-0.4, -0.2) is 37.1 Å². The molecular formula is C16H26N2O3. The van der Waals surface area contributed by atoms with E-state index in [1.165, 1.54) is 0 Å². The standard InChI is InChI=1S/C16H26N2O3/c1-4-5-18-15(9-16-19-6-7-20-16)13-8-14(11-17-10-13)21-12(2)3/h8,10-12,15-16,18H,4-7,9H2,1-3H3. The second-order valence-electron chi connectivity index (χ2n) is 5.53. The molecule has 0 saturated carbocycles. The third-order valence-electron chi connectivity index (χ3n) is 3.27. The number of hydrogen-bond acceptors (Lipinski definition) is 5. The lowest BCUT2D eigenvalue weighted by Crippen LogP contribution is -2.27. The van der Waals surface area contributed by atoms with Gasteiger partial charge in [-0.2, -0.15) is 0 Å². The van der Waals surface area contributed by atoms with Crippen molar-refractivity contribution in [3.05, 3.63) is 24.0 Å². The zero-order valence-corrected chi connectivity index (χ0v) is 13.2. The van der Waals surface area contributed by atoms with E-state index in [0.29, 0.717) is 13.2 Å². The SMILES string of the molecule is CCCNC(CC1OCCO1)c1cncc(OC(C)C)c1. The van der Waals surface area contributed by atoms with Gasteiger partial charge in [-0.15, -0.1) is 0 Å². The Balaban J connectivity index is 2.06. The Morgan fingerprint density at radius 2 is 2.10 bits per heavy atom. The highest BCUT2D eigenvalue weighted by molar-refractivity contribution is 5.26. The fourth-order valence-electron chi connectivity index (χ4n) is 2.35. The molecule has 118 valence electrons. The molecule has 5 heteroatoms. The number of aromatic nitrogens is 1. The van der Waals surface area contributed by atoms with Gasteiger partial charge in [0.1, 0.15) is 5.75 Å². The molecule has 1 aromatic heterocycles. The van der Waals surface area contributed by atoms with Gasteiger partial charge in [0.05, 0.1) is 25.5 Å². The first-order valence-electron chi connectivity index (χ1n) is 7.77. The second kappa shape index (κ2) is 8.32. The topological polar surface area (TPSA) is 52.6 Å². The average Bonchev–Trinajstić information content (AvgIpc) is 2.96. The van der Waals surface area contributed by atoms with Gasteiger partial charge in [0.2, 0.25) is 0 Å². The number of hydrogen-bond donors (Lipinski definition) is 1. The van der Waals surface area contributed by atoms with Crippen molar-refractivity contribution in [3.8, 4) is 5.75 Å². The van der Waals surface area contributed by atoms with E-state index in [0.717, 1.165) is 30.7 Å². The highest BCUT2D eigenvalue weighted by Gasteiger charge is 2.22. The molecule has 0 aliphatic carbocycles. The Hall–Kier alpha value is -1.17. The maximum atomic E-state index is 5.73. The van der Waals surface area contributed by atoms with Crippen LogP contribution in [0.1, 0.15) is 45.2 Å². The Labute approximate surface area is 127 Å². The van der Waals surface area contributed by atoms with E-state index >= 15 is 0 Å². The number of nitrogens with one attached hydrogen (secondary N) is 1. The molecule has 1 unspecified atom stereocenters. The molecule has 21 heavy (non-hydrogen) atoms. The van der Waals surface area contributed by atoms with Gasteiger partial charge >= 0.3 is 0 Å². The van der Waals surface area contributed by atoms with Gasteiger partial charge in [-0.25, -0.2) is 0 Å². The third kappa shape index (κ3) is 5.26. The van der Waals surface area contributed by atoms with Gasteiger partial charge in [0.25, 0.3) is 0 Å². The van der Waals surface area contributed by atoms with E-state index in [4.69, 9.17) is 14.2 Å². The molecule has 1 atom stereocenters. The van der Waals surface area contributed by atoms with Crippen LogP contribution < -0.4 is 10.1 Å². The maximum absolute atomic E-state index is 5.73. The third-order valence-corrected chi connectivity index (χ3v) is 3.27. The smallest absolute Gasteiger partial charge is 0.159 e. The first-order chi connectivity index (χ1) is 10.2. The second-order valence-corrected chi connectivity index (χ2v) is 5.53. The molecule has 1 aromatic rings. The predicted octanol–water partition coefficient (Wildman–Crippen LogP) is 2.67. The quantitative estimate of drug-likeness (QED) is 0.799. The molecule has 0 radical (unpaired) electrons. The summed E-state index contributed by atoms with van der Waals surface area (Å²) in [5.41, 5.74) is 1.11. The maximum Gasteiger partial charge on any atom is 0.159 e. The van der Waals surface area contributed by atoms with Gasteiger partial charge in [-0.1, -0.05) is 6.92 Å². The van der Waals surface area contributed by atoms with Crippen LogP contribution in [0, 0.1) is 0 Å². The molecule has 2 heterocycles. The minimum atomic E-state index is -0.131. The lowest BCUT2D eigenvalue weighted by molar-refractivity contribution is -0.0530. The van der Waals surface area contributed by atoms with Crippen LogP contribution in [0.25, 0.3) is 0 Å². The normalized spacial score (nSPS) is 17.3. The van der Waals surface area contributed by atoms with Crippen molar-refractivity contribution in [2.75, 3.05) is 19.8 Å². The summed E-state index contributed by atoms with van der Waals surface area (Å²) in [6.07, 6.45) is 5.52. The predicted molar refractivity (Wildman–Crippen MR) is 81.3 cm³/mol. The summed E-state index contributed by atoms with van der Waals surface area (Å²) in [7, 11) is 0. The average molecular weight is 294 g/mol. The lowest BCUT2D eigenvalue weighted by Gasteiger charge is -2.22. The Kier molecular flexibility index (Phi) is 6.42. The molecular weight excluding hydrogens is 268 g/mol. The van der Waals surface area contributed by atoms with Crippen LogP contribution in [-0.2, 0) is 9.47 Å². The lowest BCUT2D eigenvalue weighted by atomic mass is 10.1.